The lowest BCUT2D eigenvalue weighted by Gasteiger charge is -2.37. The van der Waals surface area contributed by atoms with Crippen LogP contribution in [0.5, 0.6) is 0 Å². The average Bonchev–Trinajstić information content (AvgIpc) is 3.19. The summed E-state index contributed by atoms with van der Waals surface area (Å²) in [6.07, 6.45) is 7.56. The molecule has 1 saturated carbocycles. The van der Waals surface area contributed by atoms with Crippen molar-refractivity contribution in [3.63, 3.8) is 0 Å². The van der Waals surface area contributed by atoms with Gasteiger partial charge in [-0.1, -0.05) is 5.16 Å². The van der Waals surface area contributed by atoms with Gasteiger partial charge in [0.15, 0.2) is 5.82 Å². The van der Waals surface area contributed by atoms with E-state index < -0.39 is 0 Å². The number of rotatable bonds is 4. The molecule has 1 aliphatic heterocycles. The molecule has 0 N–H and O–H groups in total. The van der Waals surface area contributed by atoms with Crippen LogP contribution in [0, 0.1) is 0 Å². The Hall–Kier alpha value is -2.02. The Morgan fingerprint density at radius 2 is 1.96 bits per heavy atom. The zero-order valence-corrected chi connectivity index (χ0v) is 14.7. The zero-order valence-electron chi connectivity index (χ0n) is 14.7. The maximum atomic E-state index is 5.52. The molecule has 0 aromatic carbocycles. The van der Waals surface area contributed by atoms with Gasteiger partial charge in [-0.05, 0) is 39.0 Å². The topological polar surface area (TPSA) is 71.2 Å². The lowest BCUT2D eigenvalue weighted by Crippen LogP contribution is -2.47. The van der Waals surface area contributed by atoms with Crippen molar-refractivity contribution in [2.45, 2.75) is 51.0 Å². The summed E-state index contributed by atoms with van der Waals surface area (Å²) in [7, 11) is 0. The number of aromatic nitrogens is 4. The van der Waals surface area contributed by atoms with E-state index in [1.165, 1.54) is 30.5 Å². The van der Waals surface area contributed by atoms with Crippen LogP contribution in [-0.2, 0) is 12.8 Å². The number of aryl methyl sites for hydroxylation is 1. The van der Waals surface area contributed by atoms with Crippen LogP contribution in [0.4, 0.5) is 5.82 Å². The molecule has 7 heteroatoms. The van der Waals surface area contributed by atoms with Crippen molar-refractivity contribution < 1.29 is 4.52 Å². The third-order valence-corrected chi connectivity index (χ3v) is 5.77. The summed E-state index contributed by atoms with van der Waals surface area (Å²) in [5, 5.41) is 4.16. The molecule has 0 amide bonds. The summed E-state index contributed by atoms with van der Waals surface area (Å²) < 4.78 is 5.52. The number of nitrogens with zero attached hydrogens (tertiary/aromatic N) is 6. The van der Waals surface area contributed by atoms with E-state index in [9.17, 15) is 0 Å². The molecule has 1 atom stereocenters. The van der Waals surface area contributed by atoms with Gasteiger partial charge in [0.05, 0.1) is 6.04 Å². The first kappa shape index (κ1) is 15.3. The van der Waals surface area contributed by atoms with E-state index in [0.29, 0.717) is 5.92 Å². The van der Waals surface area contributed by atoms with Crippen LogP contribution in [0.2, 0.25) is 0 Å². The molecule has 0 spiro atoms. The summed E-state index contributed by atoms with van der Waals surface area (Å²) in [5.41, 5.74) is 2.62. The van der Waals surface area contributed by atoms with E-state index in [1.54, 1.807) is 6.33 Å². The highest BCUT2D eigenvalue weighted by molar-refractivity contribution is 5.50. The average molecular weight is 340 g/mol. The second-order valence-electron chi connectivity index (χ2n) is 7.44. The minimum atomic E-state index is 0.179. The summed E-state index contributed by atoms with van der Waals surface area (Å²) in [4.78, 5) is 18.5. The predicted octanol–water partition coefficient (Wildman–Crippen LogP) is 2.11. The molecule has 3 aliphatic rings. The molecular formula is C18H24N6O. The third kappa shape index (κ3) is 2.80. The number of anilines is 1. The first-order valence-corrected chi connectivity index (χ1v) is 9.45. The van der Waals surface area contributed by atoms with E-state index in [4.69, 9.17) is 4.52 Å². The molecule has 0 bridgehead atoms. The van der Waals surface area contributed by atoms with E-state index in [-0.39, 0.29) is 6.04 Å². The molecule has 7 nitrogen and oxygen atoms in total. The normalized spacial score (nSPS) is 22.2. The minimum Gasteiger partial charge on any atom is -0.354 e. The highest BCUT2D eigenvalue weighted by Gasteiger charge is 2.32. The first-order chi connectivity index (χ1) is 12.3. The van der Waals surface area contributed by atoms with Gasteiger partial charge in [-0.15, -0.1) is 0 Å². The van der Waals surface area contributed by atoms with Gasteiger partial charge in [0, 0.05) is 43.4 Å². The van der Waals surface area contributed by atoms with Crippen LogP contribution in [-0.4, -0.2) is 51.2 Å². The lowest BCUT2D eigenvalue weighted by molar-refractivity contribution is 0.164. The maximum Gasteiger partial charge on any atom is 0.243 e. The Kier molecular flexibility index (Phi) is 3.69. The summed E-state index contributed by atoms with van der Waals surface area (Å²) in [5.74, 6) is 3.36. The van der Waals surface area contributed by atoms with E-state index in [0.717, 1.165) is 56.6 Å². The van der Waals surface area contributed by atoms with Crippen LogP contribution in [0.25, 0.3) is 0 Å². The molecule has 0 radical (unpaired) electrons. The number of hydrogen-bond donors (Lipinski definition) is 0. The second-order valence-corrected chi connectivity index (χ2v) is 7.44. The van der Waals surface area contributed by atoms with Gasteiger partial charge in [-0.25, -0.2) is 9.97 Å². The first-order valence-electron chi connectivity index (χ1n) is 9.45. The second kappa shape index (κ2) is 6.05. The van der Waals surface area contributed by atoms with Gasteiger partial charge < -0.3 is 9.42 Å². The standard InChI is InChI=1S/C18H24N6O/c1-12(18-21-16(22-25-18)13-5-6-13)23-7-9-24(10-8-23)17-14-3-2-4-15(14)19-11-20-17/h11-13H,2-10H2,1H3/t12-/m0/s1. The molecule has 0 unspecified atom stereocenters. The Labute approximate surface area is 147 Å². The molecule has 2 aromatic rings. The fraction of sp³-hybridized carbons (Fsp3) is 0.667. The van der Waals surface area contributed by atoms with Crippen molar-refractivity contribution in [2.24, 2.45) is 0 Å². The van der Waals surface area contributed by atoms with Crippen molar-refractivity contribution in [2.75, 3.05) is 31.1 Å². The third-order valence-electron chi connectivity index (χ3n) is 5.77. The SMILES string of the molecule is C[C@@H](c1nc(C2CC2)no1)N1CCN(c2ncnc3c2CCC3)CC1. The van der Waals surface area contributed by atoms with Gasteiger partial charge in [0.2, 0.25) is 5.89 Å². The monoisotopic (exact) mass is 340 g/mol. The number of piperazine rings is 1. The summed E-state index contributed by atoms with van der Waals surface area (Å²) in [6, 6.07) is 0.179. The molecule has 2 aromatic heterocycles. The quantitative estimate of drug-likeness (QED) is 0.844. The van der Waals surface area contributed by atoms with Crippen LogP contribution < -0.4 is 4.90 Å². The van der Waals surface area contributed by atoms with Gasteiger partial charge in [-0.2, -0.15) is 4.98 Å². The van der Waals surface area contributed by atoms with Crippen LogP contribution in [0.1, 0.15) is 61.1 Å². The Morgan fingerprint density at radius 1 is 1.12 bits per heavy atom. The Bertz CT molecular complexity index is 763. The molecular weight excluding hydrogens is 316 g/mol. The molecule has 25 heavy (non-hydrogen) atoms. The van der Waals surface area contributed by atoms with Gasteiger partial charge >= 0.3 is 0 Å². The Balaban J connectivity index is 1.25. The molecule has 2 aliphatic carbocycles. The fourth-order valence-corrected chi connectivity index (χ4v) is 4.02. The summed E-state index contributed by atoms with van der Waals surface area (Å²) in [6.45, 7) is 6.11. The zero-order chi connectivity index (χ0) is 16.8. The lowest BCUT2D eigenvalue weighted by atomic mass is 10.2. The van der Waals surface area contributed by atoms with Crippen molar-refractivity contribution in [3.8, 4) is 0 Å². The van der Waals surface area contributed by atoms with E-state index >= 15 is 0 Å². The molecule has 2 fully saturated rings. The van der Waals surface area contributed by atoms with Crippen molar-refractivity contribution in [3.05, 3.63) is 29.3 Å². The predicted molar refractivity (Wildman–Crippen MR) is 92.5 cm³/mol. The highest BCUT2D eigenvalue weighted by atomic mass is 16.5. The Morgan fingerprint density at radius 3 is 2.76 bits per heavy atom. The molecule has 3 heterocycles. The summed E-state index contributed by atoms with van der Waals surface area (Å²) >= 11 is 0. The highest BCUT2D eigenvalue weighted by Crippen LogP contribution is 2.38. The van der Waals surface area contributed by atoms with Crippen molar-refractivity contribution in [1.29, 1.82) is 0 Å². The van der Waals surface area contributed by atoms with E-state index in [2.05, 4.69) is 36.8 Å². The van der Waals surface area contributed by atoms with Crippen molar-refractivity contribution >= 4 is 5.82 Å². The largest absolute Gasteiger partial charge is 0.354 e. The van der Waals surface area contributed by atoms with E-state index in [1.807, 2.05) is 0 Å². The van der Waals surface area contributed by atoms with Crippen LogP contribution >= 0.6 is 0 Å². The van der Waals surface area contributed by atoms with Gasteiger partial charge in [0.25, 0.3) is 0 Å². The molecule has 5 rings (SSSR count). The van der Waals surface area contributed by atoms with Gasteiger partial charge in [0.1, 0.15) is 12.1 Å². The fourth-order valence-electron chi connectivity index (χ4n) is 4.02. The number of hydrogen-bond acceptors (Lipinski definition) is 7. The maximum absolute atomic E-state index is 5.52. The molecule has 1 saturated heterocycles. The minimum absolute atomic E-state index is 0.179. The van der Waals surface area contributed by atoms with Crippen LogP contribution in [0.15, 0.2) is 10.9 Å². The van der Waals surface area contributed by atoms with Gasteiger partial charge in [-0.3, -0.25) is 4.90 Å². The van der Waals surface area contributed by atoms with Crippen LogP contribution in [0.3, 0.4) is 0 Å². The smallest absolute Gasteiger partial charge is 0.243 e. The number of fused-ring (bicyclic) bond motifs is 1. The molecule has 132 valence electrons. The van der Waals surface area contributed by atoms with Crippen molar-refractivity contribution in [1.82, 2.24) is 25.0 Å².